The first kappa shape index (κ1) is 30.3. The van der Waals surface area contributed by atoms with E-state index in [1.54, 1.807) is 0 Å². The van der Waals surface area contributed by atoms with E-state index < -0.39 is 0 Å². The number of fused-ring (bicyclic) bond motifs is 1. The molecule has 1 aliphatic carbocycles. The van der Waals surface area contributed by atoms with Crippen LogP contribution in [0.3, 0.4) is 0 Å². The molecule has 7 heteroatoms. The van der Waals surface area contributed by atoms with Crippen LogP contribution in [0.2, 0.25) is 0 Å². The number of hydrogen-bond donors (Lipinski definition) is 0. The number of carbonyl (C=O) groups is 1. The van der Waals surface area contributed by atoms with E-state index in [0.717, 1.165) is 75.5 Å². The average molecular weight is 600 g/mol. The summed E-state index contributed by atoms with van der Waals surface area (Å²) < 4.78 is 8.24. The van der Waals surface area contributed by atoms with Crippen molar-refractivity contribution in [3.63, 3.8) is 0 Å². The Morgan fingerprint density at radius 1 is 1.00 bits per heavy atom. The van der Waals surface area contributed by atoms with Crippen molar-refractivity contribution in [1.29, 1.82) is 0 Å². The summed E-state index contributed by atoms with van der Waals surface area (Å²) in [5.41, 5.74) is 9.37. The Morgan fingerprint density at radius 3 is 2.60 bits per heavy atom. The molecular formula is C38H41N5O2. The highest BCUT2D eigenvalue weighted by Crippen LogP contribution is 2.41. The van der Waals surface area contributed by atoms with Crippen molar-refractivity contribution in [2.45, 2.75) is 78.5 Å². The van der Waals surface area contributed by atoms with Gasteiger partial charge < -0.3 is 9.64 Å². The van der Waals surface area contributed by atoms with Crippen LogP contribution in [0.15, 0.2) is 91.5 Å². The first-order chi connectivity index (χ1) is 21.9. The lowest BCUT2D eigenvalue weighted by molar-refractivity contribution is -0.120. The standard InChI is InChI=1S/C38H41N5O2/c1-26(2)35-15-14-32(21-40-35)43(23-30-20-41-42(22-30)24-31-19-27(3)17-18-39-31)38(44)34-12-8-11-33-36(16-13-28(4)37(33)34)45-25-29-9-6-5-7-10-29/h5-7,9-10,13-22,26,34H,8,11-12,23-25H2,1-4H3. The van der Waals surface area contributed by atoms with Gasteiger partial charge in [0.25, 0.3) is 0 Å². The quantitative estimate of drug-likeness (QED) is 0.165. The third-order valence-corrected chi connectivity index (χ3v) is 8.60. The van der Waals surface area contributed by atoms with Gasteiger partial charge in [0.05, 0.1) is 42.8 Å². The van der Waals surface area contributed by atoms with E-state index in [4.69, 9.17) is 9.72 Å². The molecule has 0 fully saturated rings. The Bertz CT molecular complexity index is 1760. The Balaban J connectivity index is 1.30. The molecule has 5 aromatic rings. The van der Waals surface area contributed by atoms with Crippen LogP contribution in [-0.2, 0) is 30.9 Å². The molecular weight excluding hydrogens is 558 g/mol. The third kappa shape index (κ3) is 6.98. The maximum atomic E-state index is 14.7. The Kier molecular flexibility index (Phi) is 9.06. The zero-order valence-electron chi connectivity index (χ0n) is 26.6. The van der Waals surface area contributed by atoms with Crippen LogP contribution in [0.5, 0.6) is 5.75 Å². The molecule has 7 nitrogen and oxygen atoms in total. The van der Waals surface area contributed by atoms with Crippen LogP contribution < -0.4 is 9.64 Å². The summed E-state index contributed by atoms with van der Waals surface area (Å²) in [6.07, 6.45) is 10.1. The number of nitrogens with zero attached hydrogens (tertiary/aromatic N) is 5. The molecule has 1 amide bonds. The second kappa shape index (κ2) is 13.5. The van der Waals surface area contributed by atoms with E-state index in [2.05, 4.69) is 68.1 Å². The van der Waals surface area contributed by atoms with Crippen LogP contribution in [0.1, 0.15) is 83.3 Å². The lowest BCUT2D eigenvalue weighted by Crippen LogP contribution is -2.36. The van der Waals surface area contributed by atoms with Gasteiger partial charge in [0, 0.05) is 23.7 Å². The second-order valence-corrected chi connectivity index (χ2v) is 12.4. The minimum atomic E-state index is -0.273. The van der Waals surface area contributed by atoms with Crippen LogP contribution in [-0.4, -0.2) is 25.7 Å². The number of aromatic nitrogens is 4. The average Bonchev–Trinajstić information content (AvgIpc) is 3.50. The highest BCUT2D eigenvalue weighted by molar-refractivity contribution is 5.98. The largest absolute Gasteiger partial charge is 0.489 e. The van der Waals surface area contributed by atoms with Crippen LogP contribution in [0.25, 0.3) is 0 Å². The predicted octanol–water partition coefficient (Wildman–Crippen LogP) is 7.69. The van der Waals surface area contributed by atoms with E-state index in [9.17, 15) is 4.79 Å². The van der Waals surface area contributed by atoms with Crippen LogP contribution in [0, 0.1) is 13.8 Å². The molecule has 0 saturated carbocycles. The van der Waals surface area contributed by atoms with Gasteiger partial charge in [-0.15, -0.1) is 0 Å². The molecule has 45 heavy (non-hydrogen) atoms. The molecule has 230 valence electrons. The monoisotopic (exact) mass is 599 g/mol. The van der Waals surface area contributed by atoms with Gasteiger partial charge in [-0.05, 0) is 97.2 Å². The number of rotatable bonds is 10. The topological polar surface area (TPSA) is 73.1 Å². The van der Waals surface area contributed by atoms with Gasteiger partial charge in [-0.1, -0.05) is 50.2 Å². The second-order valence-electron chi connectivity index (χ2n) is 12.4. The normalized spacial score (nSPS) is 14.3. The molecule has 0 aliphatic heterocycles. The van der Waals surface area contributed by atoms with Gasteiger partial charge in [-0.3, -0.25) is 19.4 Å². The molecule has 0 N–H and O–H groups in total. The first-order valence-electron chi connectivity index (χ1n) is 15.8. The zero-order chi connectivity index (χ0) is 31.3. The number of ether oxygens (including phenoxy) is 1. The van der Waals surface area contributed by atoms with Gasteiger partial charge in [-0.25, -0.2) is 0 Å². The SMILES string of the molecule is Cc1ccnc(Cn2cc(CN(C(=O)C3CCCc4c(OCc5ccccc5)ccc(C)c43)c3ccc(C(C)C)nc3)cn2)c1. The summed E-state index contributed by atoms with van der Waals surface area (Å²) in [6, 6.07) is 22.5. The van der Waals surface area contributed by atoms with Crippen molar-refractivity contribution in [1.82, 2.24) is 19.7 Å². The summed E-state index contributed by atoms with van der Waals surface area (Å²) in [4.78, 5) is 25.8. The van der Waals surface area contributed by atoms with Crippen molar-refractivity contribution < 1.29 is 9.53 Å². The van der Waals surface area contributed by atoms with Gasteiger partial charge in [0.2, 0.25) is 5.91 Å². The third-order valence-electron chi connectivity index (χ3n) is 8.60. The van der Waals surface area contributed by atoms with E-state index in [0.29, 0.717) is 25.6 Å². The minimum Gasteiger partial charge on any atom is -0.489 e. The van der Waals surface area contributed by atoms with E-state index in [1.165, 1.54) is 0 Å². The molecule has 1 atom stereocenters. The summed E-state index contributed by atoms with van der Waals surface area (Å²) in [5, 5.41) is 4.61. The van der Waals surface area contributed by atoms with Crippen LogP contribution >= 0.6 is 0 Å². The molecule has 6 rings (SSSR count). The maximum Gasteiger partial charge on any atom is 0.234 e. The van der Waals surface area contributed by atoms with E-state index in [1.807, 2.05) is 70.8 Å². The number of amides is 1. The van der Waals surface area contributed by atoms with Gasteiger partial charge in [-0.2, -0.15) is 5.10 Å². The molecule has 0 spiro atoms. The summed E-state index contributed by atoms with van der Waals surface area (Å²) in [5.74, 6) is 0.980. The predicted molar refractivity (Wildman–Crippen MR) is 177 cm³/mol. The molecule has 3 aromatic heterocycles. The number of carbonyl (C=O) groups excluding carboxylic acids is 1. The smallest absolute Gasteiger partial charge is 0.234 e. The zero-order valence-corrected chi connectivity index (χ0v) is 26.6. The Morgan fingerprint density at radius 2 is 1.84 bits per heavy atom. The number of pyridine rings is 2. The molecule has 1 unspecified atom stereocenters. The molecule has 1 aliphatic rings. The Hall–Kier alpha value is -4.78. The summed E-state index contributed by atoms with van der Waals surface area (Å²) in [6.45, 7) is 9.89. The fourth-order valence-electron chi connectivity index (χ4n) is 6.24. The lowest BCUT2D eigenvalue weighted by atomic mass is 9.79. The van der Waals surface area contributed by atoms with E-state index >= 15 is 0 Å². The molecule has 0 saturated heterocycles. The van der Waals surface area contributed by atoms with Gasteiger partial charge in [0.15, 0.2) is 0 Å². The van der Waals surface area contributed by atoms with Crippen LogP contribution in [0.4, 0.5) is 5.69 Å². The molecule has 0 radical (unpaired) electrons. The van der Waals surface area contributed by atoms with Crippen molar-refractivity contribution >= 4 is 11.6 Å². The summed E-state index contributed by atoms with van der Waals surface area (Å²) >= 11 is 0. The number of benzene rings is 2. The van der Waals surface area contributed by atoms with Crippen molar-refractivity contribution in [2.75, 3.05) is 4.90 Å². The number of aryl methyl sites for hydroxylation is 2. The molecule has 0 bridgehead atoms. The van der Waals surface area contributed by atoms with Crippen molar-refractivity contribution in [3.8, 4) is 5.75 Å². The van der Waals surface area contributed by atoms with Crippen molar-refractivity contribution in [2.24, 2.45) is 0 Å². The molecule has 2 aromatic carbocycles. The van der Waals surface area contributed by atoms with Gasteiger partial charge in [0.1, 0.15) is 12.4 Å². The summed E-state index contributed by atoms with van der Waals surface area (Å²) in [7, 11) is 0. The lowest BCUT2D eigenvalue weighted by Gasteiger charge is -2.32. The highest BCUT2D eigenvalue weighted by Gasteiger charge is 2.34. The number of hydrogen-bond acceptors (Lipinski definition) is 5. The fraction of sp³-hybridized carbons (Fsp3) is 0.316. The first-order valence-corrected chi connectivity index (χ1v) is 15.8. The van der Waals surface area contributed by atoms with Gasteiger partial charge >= 0.3 is 0 Å². The van der Waals surface area contributed by atoms with Crippen molar-refractivity contribution in [3.05, 3.63) is 136 Å². The minimum absolute atomic E-state index is 0.0754. The van der Waals surface area contributed by atoms with E-state index in [-0.39, 0.29) is 11.8 Å². The Labute approximate surface area is 265 Å². The maximum absolute atomic E-state index is 14.7. The molecule has 3 heterocycles. The highest BCUT2D eigenvalue weighted by atomic mass is 16.5. The number of anilines is 1. The fourth-order valence-corrected chi connectivity index (χ4v) is 6.24.